The van der Waals surface area contributed by atoms with Crippen LogP contribution in [0.3, 0.4) is 0 Å². The fraction of sp³-hybridized carbons (Fsp3) is 0.0833. The van der Waals surface area contributed by atoms with Crippen LogP contribution in [-0.4, -0.2) is 10.9 Å². The van der Waals surface area contributed by atoms with Gasteiger partial charge in [-0.05, 0) is 24.6 Å². The van der Waals surface area contributed by atoms with E-state index < -0.39 is 0 Å². The van der Waals surface area contributed by atoms with Crippen LogP contribution in [-0.2, 0) is 0 Å². The highest BCUT2D eigenvalue weighted by atomic mass is 16.3. The highest BCUT2D eigenvalue weighted by Crippen LogP contribution is 2.19. The molecule has 1 aromatic rings. The Morgan fingerprint density at radius 1 is 1.43 bits per heavy atom. The zero-order chi connectivity index (χ0) is 10.6. The summed E-state index contributed by atoms with van der Waals surface area (Å²) in [6.07, 6.45) is 3.17. The lowest BCUT2D eigenvalue weighted by Gasteiger charge is -2.02. The summed E-state index contributed by atoms with van der Waals surface area (Å²) in [6.45, 7) is 5.20. The molecule has 0 spiro atoms. The maximum absolute atomic E-state index is 11.7. The predicted molar refractivity (Wildman–Crippen MR) is 56.4 cm³/mol. The normalized spacial score (nSPS) is 11.1. The number of allylic oxidation sites excluding steroid dienone is 3. The van der Waals surface area contributed by atoms with Crippen molar-refractivity contribution in [2.24, 2.45) is 0 Å². The van der Waals surface area contributed by atoms with E-state index in [0.29, 0.717) is 11.1 Å². The second kappa shape index (κ2) is 4.42. The van der Waals surface area contributed by atoms with Gasteiger partial charge in [0.1, 0.15) is 5.75 Å². The van der Waals surface area contributed by atoms with E-state index in [1.165, 1.54) is 6.07 Å². The largest absolute Gasteiger partial charge is 0.507 e. The van der Waals surface area contributed by atoms with Crippen molar-refractivity contribution in [3.8, 4) is 5.75 Å². The Balaban J connectivity index is 3.07. The fourth-order valence-corrected chi connectivity index (χ4v) is 1.13. The summed E-state index contributed by atoms with van der Waals surface area (Å²) < 4.78 is 0. The van der Waals surface area contributed by atoms with Crippen LogP contribution in [0.25, 0.3) is 0 Å². The van der Waals surface area contributed by atoms with Gasteiger partial charge >= 0.3 is 0 Å². The molecule has 0 atom stereocenters. The first-order chi connectivity index (χ1) is 6.66. The molecule has 2 heteroatoms. The Hall–Kier alpha value is -1.83. The summed E-state index contributed by atoms with van der Waals surface area (Å²) in [7, 11) is 0. The molecule has 1 N–H and O–H groups in total. The van der Waals surface area contributed by atoms with Crippen molar-refractivity contribution in [1.29, 1.82) is 0 Å². The Morgan fingerprint density at radius 3 is 2.64 bits per heavy atom. The Kier molecular flexibility index (Phi) is 3.24. The van der Waals surface area contributed by atoms with Crippen molar-refractivity contribution >= 4 is 5.78 Å². The van der Waals surface area contributed by atoms with Crippen molar-refractivity contribution in [3.63, 3.8) is 0 Å². The number of hydrogen-bond acceptors (Lipinski definition) is 2. The first kappa shape index (κ1) is 10.3. The van der Waals surface area contributed by atoms with E-state index in [4.69, 9.17) is 0 Å². The number of phenolic OH excluding ortho intramolecular Hbond substituents is 1. The molecule has 2 nitrogen and oxygen atoms in total. The van der Waals surface area contributed by atoms with E-state index in [0.717, 1.165) is 0 Å². The number of carbonyl (C=O) groups excluding carboxylic acids is 1. The number of phenols is 1. The molecule has 0 amide bonds. The van der Waals surface area contributed by atoms with Crippen molar-refractivity contribution in [2.75, 3.05) is 0 Å². The second-order valence-electron chi connectivity index (χ2n) is 2.93. The first-order valence-corrected chi connectivity index (χ1v) is 4.29. The summed E-state index contributed by atoms with van der Waals surface area (Å²) in [6, 6.07) is 6.49. The third kappa shape index (κ3) is 2.10. The van der Waals surface area contributed by atoms with Gasteiger partial charge in [0.15, 0.2) is 5.78 Å². The lowest BCUT2D eigenvalue weighted by Crippen LogP contribution is -2.00. The summed E-state index contributed by atoms with van der Waals surface area (Å²) >= 11 is 0. The number of carbonyl (C=O) groups is 1. The van der Waals surface area contributed by atoms with Crippen LogP contribution in [0, 0.1) is 0 Å². The molecule has 1 aromatic carbocycles. The molecule has 0 aliphatic carbocycles. The SMILES string of the molecule is C=C/C=C(/C)C(=O)c1ccccc1O. The van der Waals surface area contributed by atoms with Crippen LogP contribution >= 0.6 is 0 Å². The van der Waals surface area contributed by atoms with Crippen LogP contribution in [0.4, 0.5) is 0 Å². The summed E-state index contributed by atoms with van der Waals surface area (Å²) in [5, 5.41) is 9.42. The van der Waals surface area contributed by atoms with Crippen LogP contribution in [0.15, 0.2) is 48.6 Å². The van der Waals surface area contributed by atoms with E-state index in [2.05, 4.69) is 6.58 Å². The minimum absolute atomic E-state index is 0.00862. The molecule has 0 bridgehead atoms. The van der Waals surface area contributed by atoms with E-state index in [1.807, 2.05) is 0 Å². The maximum atomic E-state index is 11.7. The van der Waals surface area contributed by atoms with E-state index in [-0.39, 0.29) is 11.5 Å². The molecule has 0 heterocycles. The first-order valence-electron chi connectivity index (χ1n) is 4.29. The van der Waals surface area contributed by atoms with Gasteiger partial charge in [0.05, 0.1) is 5.56 Å². The van der Waals surface area contributed by atoms with Gasteiger partial charge in [0.2, 0.25) is 0 Å². The van der Waals surface area contributed by atoms with Crippen molar-refractivity contribution < 1.29 is 9.90 Å². The Morgan fingerprint density at radius 2 is 2.07 bits per heavy atom. The number of rotatable bonds is 3. The number of hydrogen-bond donors (Lipinski definition) is 1. The van der Waals surface area contributed by atoms with E-state index >= 15 is 0 Å². The highest BCUT2D eigenvalue weighted by molar-refractivity contribution is 6.10. The van der Waals surface area contributed by atoms with Gasteiger partial charge in [-0.2, -0.15) is 0 Å². The molecule has 0 aromatic heterocycles. The van der Waals surface area contributed by atoms with Crippen LogP contribution in [0.5, 0.6) is 5.75 Å². The third-order valence-corrected chi connectivity index (χ3v) is 1.87. The third-order valence-electron chi connectivity index (χ3n) is 1.87. The summed E-state index contributed by atoms with van der Waals surface area (Å²) in [5.41, 5.74) is 0.879. The number of ketones is 1. The van der Waals surface area contributed by atoms with Crippen molar-refractivity contribution in [3.05, 3.63) is 54.1 Å². The zero-order valence-electron chi connectivity index (χ0n) is 8.03. The van der Waals surface area contributed by atoms with E-state index in [9.17, 15) is 9.90 Å². The lowest BCUT2D eigenvalue weighted by atomic mass is 10.0. The second-order valence-corrected chi connectivity index (χ2v) is 2.93. The van der Waals surface area contributed by atoms with Gasteiger partial charge in [-0.15, -0.1) is 0 Å². The van der Waals surface area contributed by atoms with Crippen LogP contribution in [0.1, 0.15) is 17.3 Å². The van der Waals surface area contributed by atoms with Gasteiger partial charge in [-0.25, -0.2) is 0 Å². The molecule has 0 radical (unpaired) electrons. The predicted octanol–water partition coefficient (Wildman–Crippen LogP) is 2.71. The van der Waals surface area contributed by atoms with Crippen LogP contribution in [0.2, 0.25) is 0 Å². The minimum atomic E-state index is -0.178. The quantitative estimate of drug-likeness (QED) is 0.450. The molecule has 0 aliphatic heterocycles. The minimum Gasteiger partial charge on any atom is -0.507 e. The average Bonchev–Trinajstić information content (AvgIpc) is 2.18. The average molecular weight is 188 g/mol. The highest BCUT2D eigenvalue weighted by Gasteiger charge is 2.10. The van der Waals surface area contributed by atoms with Gasteiger partial charge in [-0.3, -0.25) is 4.79 Å². The molecule has 0 aliphatic rings. The van der Waals surface area contributed by atoms with Crippen molar-refractivity contribution in [2.45, 2.75) is 6.92 Å². The molecule has 0 unspecified atom stereocenters. The van der Waals surface area contributed by atoms with Gasteiger partial charge in [-0.1, -0.05) is 30.9 Å². The number of benzene rings is 1. The molecule has 14 heavy (non-hydrogen) atoms. The topological polar surface area (TPSA) is 37.3 Å². The summed E-state index contributed by atoms with van der Waals surface area (Å²) in [4.78, 5) is 11.7. The number of Topliss-reactive ketones (excluding diaryl/α,β-unsaturated/α-hetero) is 1. The van der Waals surface area contributed by atoms with E-state index in [1.54, 1.807) is 37.3 Å². The fourth-order valence-electron chi connectivity index (χ4n) is 1.13. The molecular weight excluding hydrogens is 176 g/mol. The maximum Gasteiger partial charge on any atom is 0.192 e. The monoisotopic (exact) mass is 188 g/mol. The summed E-state index contributed by atoms with van der Waals surface area (Å²) in [5.74, 6) is -0.169. The zero-order valence-corrected chi connectivity index (χ0v) is 8.03. The Labute approximate surface area is 83.2 Å². The van der Waals surface area contributed by atoms with Crippen LogP contribution < -0.4 is 0 Å². The molecule has 0 saturated heterocycles. The van der Waals surface area contributed by atoms with Gasteiger partial charge in [0.25, 0.3) is 0 Å². The van der Waals surface area contributed by atoms with Crippen molar-refractivity contribution in [1.82, 2.24) is 0 Å². The molecule has 1 rings (SSSR count). The number of para-hydroxylation sites is 1. The molecule has 72 valence electrons. The molecule has 0 fully saturated rings. The smallest absolute Gasteiger partial charge is 0.192 e. The van der Waals surface area contributed by atoms with Gasteiger partial charge in [0, 0.05) is 0 Å². The lowest BCUT2D eigenvalue weighted by molar-refractivity contribution is 0.103. The number of aromatic hydroxyl groups is 1. The standard InChI is InChI=1S/C12H12O2/c1-3-6-9(2)12(14)10-7-4-5-8-11(10)13/h3-8,13H,1H2,2H3/b9-6-. The molecular formula is C12H12O2. The molecule has 0 saturated carbocycles. The van der Waals surface area contributed by atoms with Gasteiger partial charge < -0.3 is 5.11 Å². The Bertz CT molecular complexity index is 389.